The van der Waals surface area contributed by atoms with E-state index < -0.39 is 16.9 Å². The number of hydrogen-bond donors (Lipinski definition) is 2. The molecular weight excluding hydrogens is 284 g/mol. The number of carbonyl (C=O) groups is 1. The Balaban J connectivity index is 2.70. The van der Waals surface area contributed by atoms with Crippen LogP contribution in [0.4, 0.5) is 5.69 Å². The van der Waals surface area contributed by atoms with Gasteiger partial charge < -0.3 is 10.4 Å². The van der Waals surface area contributed by atoms with E-state index in [-0.39, 0.29) is 22.2 Å². The van der Waals surface area contributed by atoms with Gasteiger partial charge in [-0.25, -0.2) is 0 Å². The number of nitro benzene ring substituents is 1. The highest BCUT2D eigenvalue weighted by Gasteiger charge is 2.15. The van der Waals surface area contributed by atoms with Crippen molar-refractivity contribution in [1.82, 2.24) is 5.32 Å². The first-order chi connectivity index (χ1) is 9.29. The predicted octanol–water partition coefficient (Wildman–Crippen LogP) is 2.39. The molecule has 0 spiro atoms. The lowest BCUT2D eigenvalue weighted by Crippen LogP contribution is -2.29. The zero-order valence-electron chi connectivity index (χ0n) is 11.3. The van der Waals surface area contributed by atoms with Crippen LogP contribution in [0.5, 0.6) is 0 Å². The van der Waals surface area contributed by atoms with Crippen LogP contribution in [0.2, 0.25) is 5.02 Å². The minimum atomic E-state index is -0.598. The van der Waals surface area contributed by atoms with Crippen molar-refractivity contribution < 1.29 is 14.8 Å². The molecule has 2 unspecified atom stereocenters. The summed E-state index contributed by atoms with van der Waals surface area (Å²) >= 11 is 5.75. The number of hydrogen-bond acceptors (Lipinski definition) is 4. The molecule has 20 heavy (non-hydrogen) atoms. The van der Waals surface area contributed by atoms with Crippen LogP contribution < -0.4 is 5.32 Å². The molecule has 110 valence electrons. The van der Waals surface area contributed by atoms with Gasteiger partial charge in [-0.2, -0.15) is 0 Å². The topological polar surface area (TPSA) is 92.5 Å². The van der Waals surface area contributed by atoms with Gasteiger partial charge in [0.2, 0.25) is 0 Å². The number of aliphatic hydroxyl groups is 1. The lowest BCUT2D eigenvalue weighted by Gasteiger charge is -2.14. The molecule has 1 rings (SSSR count). The van der Waals surface area contributed by atoms with Gasteiger partial charge in [-0.05, 0) is 25.3 Å². The Morgan fingerprint density at radius 3 is 2.65 bits per heavy atom. The van der Waals surface area contributed by atoms with Crippen LogP contribution in [0.25, 0.3) is 0 Å². The van der Waals surface area contributed by atoms with Gasteiger partial charge in [0.1, 0.15) is 0 Å². The molecule has 0 aliphatic rings. The number of non-ortho nitro benzene ring substituents is 1. The smallest absolute Gasteiger partial charge is 0.271 e. The maximum Gasteiger partial charge on any atom is 0.271 e. The van der Waals surface area contributed by atoms with E-state index in [4.69, 9.17) is 11.6 Å². The van der Waals surface area contributed by atoms with Gasteiger partial charge in [0.15, 0.2) is 0 Å². The Morgan fingerprint density at radius 2 is 2.10 bits per heavy atom. The van der Waals surface area contributed by atoms with E-state index in [0.717, 1.165) is 0 Å². The van der Waals surface area contributed by atoms with E-state index >= 15 is 0 Å². The zero-order chi connectivity index (χ0) is 15.3. The molecule has 1 amide bonds. The molecule has 0 aliphatic carbocycles. The summed E-state index contributed by atoms with van der Waals surface area (Å²) in [5.41, 5.74) is -0.0758. The van der Waals surface area contributed by atoms with Gasteiger partial charge in [-0.3, -0.25) is 14.9 Å². The highest BCUT2D eigenvalue weighted by molar-refractivity contribution is 6.31. The number of nitro groups is 1. The molecule has 7 heteroatoms. The van der Waals surface area contributed by atoms with E-state index in [2.05, 4.69) is 5.32 Å². The number of halogens is 1. The molecular formula is C13H17ClN2O4. The first-order valence-electron chi connectivity index (χ1n) is 6.21. The summed E-state index contributed by atoms with van der Waals surface area (Å²) in [6, 6.07) is 3.75. The summed E-state index contributed by atoms with van der Waals surface area (Å²) in [4.78, 5) is 22.0. The first-order valence-corrected chi connectivity index (χ1v) is 6.58. The van der Waals surface area contributed by atoms with Crippen molar-refractivity contribution in [2.75, 3.05) is 6.54 Å². The summed E-state index contributed by atoms with van der Waals surface area (Å²) in [5.74, 6) is -0.318. The zero-order valence-corrected chi connectivity index (χ0v) is 12.1. The molecule has 2 N–H and O–H groups in total. The van der Waals surface area contributed by atoms with E-state index in [0.29, 0.717) is 13.0 Å². The average Bonchev–Trinajstić information content (AvgIpc) is 2.34. The third kappa shape index (κ3) is 5.14. The van der Waals surface area contributed by atoms with Crippen LogP contribution in [0.15, 0.2) is 18.2 Å². The fourth-order valence-corrected chi connectivity index (χ4v) is 2.07. The minimum Gasteiger partial charge on any atom is -0.393 e. The predicted molar refractivity (Wildman–Crippen MR) is 75.9 cm³/mol. The van der Waals surface area contributed by atoms with Crippen molar-refractivity contribution >= 4 is 23.2 Å². The monoisotopic (exact) mass is 300 g/mol. The Bertz CT molecular complexity index is 505. The fourth-order valence-electron chi connectivity index (χ4n) is 1.85. The molecule has 0 saturated heterocycles. The van der Waals surface area contributed by atoms with E-state index in [9.17, 15) is 20.0 Å². The molecule has 1 aromatic rings. The highest BCUT2D eigenvalue weighted by atomic mass is 35.5. The third-order valence-electron chi connectivity index (χ3n) is 2.71. The largest absolute Gasteiger partial charge is 0.393 e. The van der Waals surface area contributed by atoms with Crippen molar-refractivity contribution in [2.45, 2.75) is 26.4 Å². The SMILES string of the molecule is CC(O)CC(C)CNC(=O)c1cc(Cl)cc([N+](=O)[O-])c1. The first kappa shape index (κ1) is 16.4. The number of benzene rings is 1. The molecule has 1 aromatic carbocycles. The van der Waals surface area contributed by atoms with Crippen molar-refractivity contribution in [2.24, 2.45) is 5.92 Å². The Morgan fingerprint density at radius 1 is 1.45 bits per heavy atom. The Kier molecular flexibility index (Phi) is 5.91. The molecule has 0 saturated carbocycles. The second kappa shape index (κ2) is 7.21. The molecule has 0 fully saturated rings. The summed E-state index contributed by atoms with van der Waals surface area (Å²) in [6.07, 6.45) is 0.129. The molecule has 0 aromatic heterocycles. The lowest BCUT2D eigenvalue weighted by atomic mass is 10.0. The van der Waals surface area contributed by atoms with E-state index in [1.807, 2.05) is 6.92 Å². The number of rotatable bonds is 6. The third-order valence-corrected chi connectivity index (χ3v) is 2.93. The summed E-state index contributed by atoms with van der Waals surface area (Å²) < 4.78 is 0. The molecule has 6 nitrogen and oxygen atoms in total. The number of amides is 1. The van der Waals surface area contributed by atoms with Gasteiger partial charge in [0.25, 0.3) is 11.6 Å². The van der Waals surface area contributed by atoms with Gasteiger partial charge >= 0.3 is 0 Å². The van der Waals surface area contributed by atoms with Gasteiger partial charge in [0, 0.05) is 29.3 Å². The molecule has 0 bridgehead atoms. The lowest BCUT2D eigenvalue weighted by molar-refractivity contribution is -0.384. The van der Waals surface area contributed by atoms with E-state index in [1.54, 1.807) is 6.92 Å². The maximum absolute atomic E-state index is 11.9. The van der Waals surface area contributed by atoms with Crippen molar-refractivity contribution in [3.63, 3.8) is 0 Å². The van der Waals surface area contributed by atoms with Gasteiger partial charge in [-0.1, -0.05) is 18.5 Å². The van der Waals surface area contributed by atoms with Crippen LogP contribution in [0.1, 0.15) is 30.6 Å². The highest BCUT2D eigenvalue weighted by Crippen LogP contribution is 2.20. The normalized spacial score (nSPS) is 13.6. The van der Waals surface area contributed by atoms with E-state index in [1.165, 1.54) is 18.2 Å². The Labute approximate surface area is 121 Å². The second-order valence-electron chi connectivity index (χ2n) is 4.86. The number of carbonyl (C=O) groups excluding carboxylic acids is 1. The van der Waals surface area contributed by atoms with Crippen LogP contribution in [0, 0.1) is 16.0 Å². The molecule has 0 aliphatic heterocycles. The van der Waals surface area contributed by atoms with Crippen molar-refractivity contribution in [3.8, 4) is 0 Å². The van der Waals surface area contributed by atoms with Crippen LogP contribution >= 0.6 is 11.6 Å². The standard InChI is InChI=1S/C13H17ClN2O4/c1-8(3-9(2)17)7-15-13(18)10-4-11(14)6-12(5-10)16(19)20/h4-6,8-9,17H,3,7H2,1-2H3,(H,15,18). The van der Waals surface area contributed by atoms with Gasteiger partial charge in [0.05, 0.1) is 11.0 Å². The van der Waals surface area contributed by atoms with Crippen molar-refractivity contribution in [1.29, 1.82) is 0 Å². The number of nitrogens with zero attached hydrogens (tertiary/aromatic N) is 1. The van der Waals surface area contributed by atoms with Crippen LogP contribution in [-0.2, 0) is 0 Å². The quantitative estimate of drug-likeness (QED) is 0.623. The number of nitrogens with one attached hydrogen (secondary N) is 1. The minimum absolute atomic E-state index is 0.105. The summed E-state index contributed by atoms with van der Waals surface area (Å²) in [7, 11) is 0. The Hall–Kier alpha value is -1.66. The van der Waals surface area contributed by atoms with Crippen molar-refractivity contribution in [3.05, 3.63) is 38.9 Å². The summed E-state index contributed by atoms with van der Waals surface area (Å²) in [6.45, 7) is 3.95. The van der Waals surface area contributed by atoms with Crippen LogP contribution in [-0.4, -0.2) is 28.6 Å². The molecule has 0 radical (unpaired) electrons. The molecule has 2 atom stereocenters. The second-order valence-corrected chi connectivity index (χ2v) is 5.29. The number of aliphatic hydroxyl groups excluding tert-OH is 1. The fraction of sp³-hybridized carbons (Fsp3) is 0.462. The maximum atomic E-state index is 11.9. The summed E-state index contributed by atoms with van der Waals surface area (Å²) in [5, 5.41) is 22.7. The van der Waals surface area contributed by atoms with Crippen LogP contribution in [0.3, 0.4) is 0 Å². The molecule has 0 heterocycles. The average molecular weight is 301 g/mol. The van der Waals surface area contributed by atoms with Gasteiger partial charge in [-0.15, -0.1) is 0 Å².